The van der Waals surface area contributed by atoms with Crippen molar-refractivity contribution in [2.75, 3.05) is 19.6 Å². The van der Waals surface area contributed by atoms with Gasteiger partial charge in [-0.2, -0.15) is 0 Å². The monoisotopic (exact) mass is 443 g/mol. The molecule has 2 aliphatic heterocycles. The average Bonchev–Trinajstić information content (AvgIpc) is 3.47. The summed E-state index contributed by atoms with van der Waals surface area (Å²) >= 11 is 0. The number of nitrogens with zero attached hydrogens (tertiary/aromatic N) is 3. The molecule has 1 aromatic rings. The zero-order valence-electron chi connectivity index (χ0n) is 17.7. The molecule has 170 valence electrons. The Kier molecular flexibility index (Phi) is 5.75. The van der Waals surface area contributed by atoms with Gasteiger partial charge in [-0.1, -0.05) is 36.9 Å². The van der Waals surface area contributed by atoms with Crippen molar-refractivity contribution in [3.05, 3.63) is 48.6 Å². The maximum Gasteiger partial charge on any atom is 0.326 e. The lowest BCUT2D eigenvalue weighted by molar-refractivity contribution is -0.160. The maximum absolute atomic E-state index is 14.1. The minimum atomic E-state index is -1.43. The van der Waals surface area contributed by atoms with Gasteiger partial charge in [-0.15, -0.1) is 0 Å². The van der Waals surface area contributed by atoms with E-state index >= 15 is 0 Å². The third-order valence-corrected chi connectivity index (χ3v) is 6.66. The zero-order valence-corrected chi connectivity index (χ0v) is 17.7. The van der Waals surface area contributed by atoms with Gasteiger partial charge < -0.3 is 19.8 Å². The van der Waals surface area contributed by atoms with Crippen LogP contribution in [0.15, 0.2) is 43.0 Å². The van der Waals surface area contributed by atoms with E-state index in [2.05, 4.69) is 6.58 Å². The van der Waals surface area contributed by atoms with Gasteiger partial charge in [0.2, 0.25) is 17.7 Å². The SMILES string of the molecule is C=CC(=O)N1CCN([C@@H](Cc2ccccc2)C(=O)N2C[C@@H](F)C[C@H]2C(=O)O)C(=O)C12CC2. The Morgan fingerprint density at radius 3 is 2.50 bits per heavy atom. The molecule has 1 spiro atoms. The maximum atomic E-state index is 14.1. The topological polar surface area (TPSA) is 98.2 Å². The van der Waals surface area contributed by atoms with Gasteiger partial charge in [-0.05, 0) is 24.5 Å². The molecule has 2 heterocycles. The lowest BCUT2D eigenvalue weighted by atomic mass is 9.99. The van der Waals surface area contributed by atoms with Crippen molar-refractivity contribution in [2.45, 2.75) is 49.5 Å². The molecular formula is C23H26FN3O5. The number of alkyl halides is 1. The quantitative estimate of drug-likeness (QED) is 0.662. The van der Waals surface area contributed by atoms with Crippen molar-refractivity contribution < 1.29 is 28.7 Å². The van der Waals surface area contributed by atoms with Crippen molar-refractivity contribution in [3.63, 3.8) is 0 Å². The lowest BCUT2D eigenvalue weighted by Crippen LogP contribution is -2.65. The number of hydrogen-bond donors (Lipinski definition) is 1. The smallest absolute Gasteiger partial charge is 0.326 e. The number of benzene rings is 1. The Labute approximate surface area is 185 Å². The average molecular weight is 443 g/mol. The minimum Gasteiger partial charge on any atom is -0.480 e. The molecule has 8 nitrogen and oxygen atoms in total. The van der Waals surface area contributed by atoms with Crippen molar-refractivity contribution in [1.82, 2.24) is 14.7 Å². The molecule has 4 rings (SSSR count). The van der Waals surface area contributed by atoms with Crippen LogP contribution in [0.3, 0.4) is 0 Å². The molecule has 0 unspecified atom stereocenters. The van der Waals surface area contributed by atoms with E-state index in [0.717, 1.165) is 10.5 Å². The number of carbonyl (C=O) groups is 4. The first-order valence-electron chi connectivity index (χ1n) is 10.7. The van der Waals surface area contributed by atoms with Gasteiger partial charge in [0.15, 0.2) is 0 Å². The molecule has 3 amide bonds. The first kappa shape index (κ1) is 22.0. The van der Waals surface area contributed by atoms with Crippen LogP contribution >= 0.6 is 0 Å². The highest BCUT2D eigenvalue weighted by atomic mass is 19.1. The molecule has 1 N–H and O–H groups in total. The molecule has 0 radical (unpaired) electrons. The van der Waals surface area contributed by atoms with Crippen LogP contribution in [-0.4, -0.2) is 86.9 Å². The molecule has 3 aliphatic rings. The van der Waals surface area contributed by atoms with Crippen molar-refractivity contribution >= 4 is 23.7 Å². The van der Waals surface area contributed by atoms with Gasteiger partial charge in [-0.25, -0.2) is 9.18 Å². The van der Waals surface area contributed by atoms with Crippen LogP contribution in [0.5, 0.6) is 0 Å². The molecule has 2 saturated heterocycles. The fourth-order valence-electron chi connectivity index (χ4n) is 4.86. The summed E-state index contributed by atoms with van der Waals surface area (Å²) < 4.78 is 14.1. The fourth-order valence-corrected chi connectivity index (χ4v) is 4.86. The second kappa shape index (κ2) is 8.37. The number of likely N-dealkylation sites (tertiary alicyclic amines) is 1. The van der Waals surface area contributed by atoms with Gasteiger partial charge in [0.1, 0.15) is 23.8 Å². The Morgan fingerprint density at radius 1 is 1.22 bits per heavy atom. The van der Waals surface area contributed by atoms with Crippen LogP contribution < -0.4 is 0 Å². The third-order valence-electron chi connectivity index (χ3n) is 6.66. The molecule has 9 heteroatoms. The molecular weight excluding hydrogens is 417 g/mol. The summed E-state index contributed by atoms with van der Waals surface area (Å²) in [6.07, 6.45) is 0.670. The van der Waals surface area contributed by atoms with E-state index in [9.17, 15) is 28.7 Å². The zero-order chi connectivity index (χ0) is 23.0. The molecule has 1 aromatic carbocycles. The van der Waals surface area contributed by atoms with E-state index in [1.54, 1.807) is 0 Å². The van der Waals surface area contributed by atoms with Crippen molar-refractivity contribution in [2.24, 2.45) is 0 Å². The highest BCUT2D eigenvalue weighted by molar-refractivity contribution is 6.00. The summed E-state index contributed by atoms with van der Waals surface area (Å²) in [6.45, 7) is 3.58. The van der Waals surface area contributed by atoms with E-state index in [1.807, 2.05) is 30.3 Å². The number of carboxylic acids is 1. The van der Waals surface area contributed by atoms with Crippen LogP contribution in [0.25, 0.3) is 0 Å². The van der Waals surface area contributed by atoms with Gasteiger partial charge >= 0.3 is 5.97 Å². The van der Waals surface area contributed by atoms with Gasteiger partial charge in [-0.3, -0.25) is 14.4 Å². The lowest BCUT2D eigenvalue weighted by Gasteiger charge is -2.44. The number of halogens is 1. The van der Waals surface area contributed by atoms with Crippen LogP contribution in [0.2, 0.25) is 0 Å². The molecule has 1 saturated carbocycles. The first-order chi connectivity index (χ1) is 15.3. The van der Waals surface area contributed by atoms with Crippen LogP contribution in [0.1, 0.15) is 24.8 Å². The van der Waals surface area contributed by atoms with Gasteiger partial charge in [0.05, 0.1) is 6.54 Å². The highest BCUT2D eigenvalue weighted by Crippen LogP contribution is 2.46. The number of rotatable bonds is 6. The van der Waals surface area contributed by atoms with Gasteiger partial charge in [0, 0.05) is 25.9 Å². The predicted octanol–water partition coefficient (Wildman–Crippen LogP) is 1.01. The van der Waals surface area contributed by atoms with E-state index in [4.69, 9.17) is 0 Å². The van der Waals surface area contributed by atoms with E-state index < -0.39 is 35.7 Å². The largest absolute Gasteiger partial charge is 0.480 e. The number of aliphatic carboxylic acids is 1. The number of carboxylic acid groups (broad SMARTS) is 1. The van der Waals surface area contributed by atoms with Crippen LogP contribution in [0.4, 0.5) is 4.39 Å². The fraction of sp³-hybridized carbons (Fsp3) is 0.478. The molecule has 1 aliphatic carbocycles. The molecule has 0 aromatic heterocycles. The molecule has 3 fully saturated rings. The van der Waals surface area contributed by atoms with E-state index in [1.165, 1.54) is 15.9 Å². The Bertz CT molecular complexity index is 948. The minimum absolute atomic E-state index is 0.133. The summed E-state index contributed by atoms with van der Waals surface area (Å²) in [4.78, 5) is 55.0. The molecule has 0 bridgehead atoms. The Morgan fingerprint density at radius 2 is 1.91 bits per heavy atom. The standard InChI is InChI=1S/C23H26FN3O5/c1-2-19(28)27-11-10-25(22(32)23(27)8-9-23)17(12-15-6-4-3-5-7-15)20(29)26-14-16(24)13-18(26)21(30)31/h2-7,16-18H,1,8-14H2,(H,30,31)/t16-,17-,18-/m0/s1. The second-order valence-electron chi connectivity index (χ2n) is 8.61. The molecule has 3 atom stereocenters. The first-order valence-corrected chi connectivity index (χ1v) is 10.7. The normalized spacial score (nSPS) is 25.0. The summed E-state index contributed by atoms with van der Waals surface area (Å²) in [7, 11) is 0. The molecule has 32 heavy (non-hydrogen) atoms. The number of hydrogen-bond acceptors (Lipinski definition) is 4. The third kappa shape index (κ3) is 3.76. The Hall–Kier alpha value is -3.23. The summed E-state index contributed by atoms with van der Waals surface area (Å²) in [5.74, 6) is -2.49. The van der Waals surface area contributed by atoms with Crippen LogP contribution in [0, 0.1) is 0 Å². The van der Waals surface area contributed by atoms with Crippen molar-refractivity contribution in [1.29, 1.82) is 0 Å². The summed E-state index contributed by atoms with van der Waals surface area (Å²) in [5.41, 5.74) is -0.172. The Balaban J connectivity index is 1.65. The highest BCUT2D eigenvalue weighted by Gasteiger charge is 2.61. The summed E-state index contributed by atoms with van der Waals surface area (Å²) in [5, 5.41) is 9.51. The van der Waals surface area contributed by atoms with Gasteiger partial charge in [0.25, 0.3) is 0 Å². The number of carbonyl (C=O) groups excluding carboxylic acids is 3. The number of piperazine rings is 1. The second-order valence-corrected chi connectivity index (χ2v) is 8.61. The van der Waals surface area contributed by atoms with Crippen molar-refractivity contribution in [3.8, 4) is 0 Å². The van der Waals surface area contributed by atoms with Crippen LogP contribution in [-0.2, 0) is 25.6 Å². The predicted molar refractivity (Wildman–Crippen MR) is 112 cm³/mol. The van der Waals surface area contributed by atoms with E-state index in [-0.39, 0.29) is 44.3 Å². The summed E-state index contributed by atoms with van der Waals surface area (Å²) in [6, 6.07) is 6.88. The number of amides is 3. The van der Waals surface area contributed by atoms with E-state index in [0.29, 0.717) is 12.8 Å².